The zero-order valence-electron chi connectivity index (χ0n) is 33.7. The Kier molecular flexibility index (Phi) is 11.4. The summed E-state index contributed by atoms with van der Waals surface area (Å²) in [5.41, 5.74) is 5.18. The Labute approximate surface area is 337 Å². The number of H-pyrrole nitrogens is 2. The van der Waals surface area contributed by atoms with Crippen LogP contribution in [0.3, 0.4) is 0 Å². The van der Waals surface area contributed by atoms with Crippen LogP contribution < -0.4 is 5.32 Å². The van der Waals surface area contributed by atoms with Gasteiger partial charge in [0.05, 0.1) is 42.1 Å². The quantitative estimate of drug-likeness (QED) is 0.117. The van der Waals surface area contributed by atoms with Gasteiger partial charge in [-0.2, -0.15) is 0 Å². The number of likely N-dealkylation sites (N-methyl/N-ethyl adjacent to an activating group) is 1. The molecule has 4 heterocycles. The van der Waals surface area contributed by atoms with Crippen molar-refractivity contribution < 1.29 is 29.0 Å². The number of carboxylic acid groups (broad SMARTS) is 1. The summed E-state index contributed by atoms with van der Waals surface area (Å²) in [4.78, 5) is 72.1. The number of carbonyl (C=O) groups is 4. The van der Waals surface area contributed by atoms with Crippen LogP contribution >= 0.6 is 0 Å². The van der Waals surface area contributed by atoms with Gasteiger partial charge in [-0.25, -0.2) is 19.6 Å². The van der Waals surface area contributed by atoms with Gasteiger partial charge in [0.2, 0.25) is 11.8 Å². The van der Waals surface area contributed by atoms with Crippen LogP contribution in [-0.2, 0) is 14.3 Å². The lowest BCUT2D eigenvalue weighted by atomic mass is 10.0. The molecule has 2 aliphatic rings. The number of methoxy groups -OCH3 is 1. The van der Waals surface area contributed by atoms with Crippen LogP contribution in [0.4, 0.5) is 9.59 Å². The lowest BCUT2D eigenvalue weighted by molar-refractivity contribution is -0.138. The summed E-state index contributed by atoms with van der Waals surface area (Å²) in [6.45, 7) is 8.65. The topological polar surface area (TPSA) is 177 Å². The maximum absolute atomic E-state index is 13.6. The number of rotatable bonds is 9. The molecule has 58 heavy (non-hydrogen) atoms. The van der Waals surface area contributed by atoms with Crippen molar-refractivity contribution in [3.63, 3.8) is 0 Å². The molecule has 0 unspecified atom stereocenters. The highest BCUT2D eigenvalue weighted by molar-refractivity contribution is 6.04. The average molecular weight is 787 g/mol. The molecular weight excluding hydrogens is 737 g/mol. The zero-order chi connectivity index (χ0) is 41.2. The molecule has 0 aliphatic carbocycles. The van der Waals surface area contributed by atoms with Crippen molar-refractivity contribution in [1.82, 2.24) is 40.0 Å². The minimum atomic E-state index is -1.13. The molecule has 14 heteroatoms. The maximum atomic E-state index is 13.6. The van der Waals surface area contributed by atoms with Crippen LogP contribution in [0, 0.1) is 23.7 Å². The van der Waals surface area contributed by atoms with Crippen molar-refractivity contribution in [1.29, 1.82) is 0 Å². The van der Waals surface area contributed by atoms with Crippen LogP contribution in [0.1, 0.15) is 88.2 Å². The summed E-state index contributed by atoms with van der Waals surface area (Å²) in [5, 5.41) is 14.3. The second kappa shape index (κ2) is 16.6. The molecule has 4 atom stereocenters. The number of aromatic nitrogens is 4. The van der Waals surface area contributed by atoms with Crippen molar-refractivity contribution >= 4 is 45.8 Å². The summed E-state index contributed by atoms with van der Waals surface area (Å²) < 4.78 is 4.77. The number of hydrogen-bond donors (Lipinski definition) is 4. The van der Waals surface area contributed by atoms with Gasteiger partial charge in [-0.1, -0.05) is 63.8 Å². The normalized spacial score (nSPS) is 17.7. The highest BCUT2D eigenvalue weighted by atomic mass is 16.5. The number of nitrogens with one attached hydrogen (secondary N) is 3. The van der Waals surface area contributed by atoms with E-state index in [0.717, 1.165) is 80.6 Å². The Morgan fingerprint density at radius 3 is 2.17 bits per heavy atom. The summed E-state index contributed by atoms with van der Waals surface area (Å²) in [5.74, 6) is 7.34. The molecule has 5 aromatic rings. The first-order chi connectivity index (χ1) is 27.8. The number of hydrogen-bond acceptors (Lipinski definition) is 7. The van der Waals surface area contributed by atoms with Crippen molar-refractivity contribution in [3.8, 4) is 23.1 Å². The van der Waals surface area contributed by atoms with Crippen LogP contribution in [-0.4, -0.2) is 103 Å². The first-order valence-electron chi connectivity index (χ1n) is 19.9. The van der Waals surface area contributed by atoms with Gasteiger partial charge in [0.25, 0.3) is 0 Å². The Bertz CT molecular complexity index is 2410. The SMILES string of the molecule is COC(=O)N[C@H](C(=O)N1CCC[C@H]1c1nc2c(ccc3cc(C#Cc4ccc(-c5cnc([C@@H]6CCCN6C(=O)[C@H](C(C)C)N(C)C(=O)O)[nH]5)cc4)ccc32)[nH]1)C(C)C. The number of imidazole rings is 2. The molecule has 0 radical (unpaired) electrons. The molecule has 0 saturated carbocycles. The third-order valence-corrected chi connectivity index (χ3v) is 11.3. The Morgan fingerprint density at radius 1 is 0.862 bits per heavy atom. The second-order valence-corrected chi connectivity index (χ2v) is 15.8. The highest BCUT2D eigenvalue weighted by Crippen LogP contribution is 2.35. The number of ether oxygens (including phenoxy) is 1. The number of fused-ring (bicyclic) bond motifs is 3. The van der Waals surface area contributed by atoms with Crippen LogP contribution in [0.2, 0.25) is 0 Å². The van der Waals surface area contributed by atoms with Crippen molar-refractivity contribution in [2.75, 3.05) is 27.2 Å². The predicted molar refractivity (Wildman–Crippen MR) is 220 cm³/mol. The number of carbonyl (C=O) groups excluding carboxylic acids is 3. The molecule has 4 amide bonds. The lowest BCUT2D eigenvalue weighted by Gasteiger charge is -2.33. The highest BCUT2D eigenvalue weighted by Gasteiger charge is 2.40. The fourth-order valence-corrected chi connectivity index (χ4v) is 8.28. The lowest BCUT2D eigenvalue weighted by Crippen LogP contribution is -2.51. The van der Waals surface area contributed by atoms with E-state index in [4.69, 9.17) is 9.72 Å². The van der Waals surface area contributed by atoms with E-state index < -0.39 is 24.3 Å². The van der Waals surface area contributed by atoms with E-state index in [0.29, 0.717) is 18.9 Å². The van der Waals surface area contributed by atoms with Crippen LogP contribution in [0.25, 0.3) is 33.1 Å². The third kappa shape index (κ3) is 7.94. The first kappa shape index (κ1) is 39.9. The van der Waals surface area contributed by atoms with Crippen molar-refractivity contribution in [2.45, 2.75) is 77.5 Å². The molecule has 2 aromatic heterocycles. The monoisotopic (exact) mass is 786 g/mol. The third-order valence-electron chi connectivity index (χ3n) is 11.3. The molecule has 0 spiro atoms. The fraction of sp³-hybridized carbons (Fsp3) is 0.409. The van der Waals surface area contributed by atoms with Gasteiger partial charge in [-0.15, -0.1) is 0 Å². The first-order valence-corrected chi connectivity index (χ1v) is 19.9. The van der Waals surface area contributed by atoms with Gasteiger partial charge < -0.3 is 34.9 Å². The molecule has 3 aromatic carbocycles. The largest absolute Gasteiger partial charge is 0.465 e. The molecule has 2 saturated heterocycles. The fourth-order valence-electron chi connectivity index (χ4n) is 8.28. The average Bonchev–Trinajstić information content (AvgIpc) is 4.05. The van der Waals surface area contributed by atoms with E-state index >= 15 is 0 Å². The maximum Gasteiger partial charge on any atom is 0.407 e. The molecule has 2 aliphatic heterocycles. The molecule has 0 bridgehead atoms. The Hall–Kier alpha value is -6.36. The minimum Gasteiger partial charge on any atom is -0.465 e. The van der Waals surface area contributed by atoms with Gasteiger partial charge >= 0.3 is 12.2 Å². The Balaban J connectivity index is 1.04. The van der Waals surface area contributed by atoms with Crippen molar-refractivity contribution in [3.05, 3.63) is 83.6 Å². The van der Waals surface area contributed by atoms with Gasteiger partial charge in [0.1, 0.15) is 23.7 Å². The van der Waals surface area contributed by atoms with E-state index in [1.54, 1.807) is 11.1 Å². The number of amides is 4. The number of aromatic amines is 2. The standard InChI is InChI=1S/C44H50N8O6/c1-25(2)36(49-43(55)58-6)41(53)51-21-8-10-35(51)40-46-32-20-18-30-23-28(15-19-31(30)37(32)48-40)12-11-27-13-16-29(17-14-27)33-24-45-39(47-33)34-9-7-22-52(34)42(54)38(26(3)4)50(5)44(56)57/h13-20,23-26,34-36,38H,7-10,21-22H2,1-6H3,(H,45,47)(H,46,48)(H,49,55)(H,56,57)/t34-,35-,36-,38-/m0/s1. The molecular formula is C44H50N8O6. The van der Waals surface area contributed by atoms with Crippen LogP contribution in [0.15, 0.2) is 60.8 Å². The molecule has 7 rings (SSSR count). The van der Waals surface area contributed by atoms with Gasteiger partial charge in [-0.3, -0.25) is 14.5 Å². The predicted octanol–water partition coefficient (Wildman–Crippen LogP) is 6.85. The number of alkyl carbamates (subject to hydrolysis) is 1. The van der Waals surface area contributed by atoms with Crippen LogP contribution in [0.5, 0.6) is 0 Å². The summed E-state index contributed by atoms with van der Waals surface area (Å²) in [6.07, 6.45) is 3.18. The molecule has 4 N–H and O–H groups in total. The molecule has 302 valence electrons. The Morgan fingerprint density at radius 2 is 1.52 bits per heavy atom. The summed E-state index contributed by atoms with van der Waals surface area (Å²) >= 11 is 0. The number of likely N-dealkylation sites (tertiary alicyclic amines) is 2. The van der Waals surface area contributed by atoms with Gasteiger partial charge in [0, 0.05) is 36.7 Å². The second-order valence-electron chi connectivity index (χ2n) is 15.8. The van der Waals surface area contributed by atoms with E-state index in [-0.39, 0.29) is 35.7 Å². The van der Waals surface area contributed by atoms with E-state index in [9.17, 15) is 24.3 Å². The minimum absolute atomic E-state index is 0.115. The molecule has 14 nitrogen and oxygen atoms in total. The smallest absolute Gasteiger partial charge is 0.407 e. The summed E-state index contributed by atoms with van der Waals surface area (Å²) in [7, 11) is 2.73. The van der Waals surface area contributed by atoms with Gasteiger partial charge in [-0.05, 0) is 78.8 Å². The zero-order valence-corrected chi connectivity index (χ0v) is 33.7. The van der Waals surface area contributed by atoms with E-state index in [1.807, 2.05) is 87.2 Å². The van der Waals surface area contributed by atoms with Gasteiger partial charge in [0.15, 0.2) is 0 Å². The van der Waals surface area contributed by atoms with E-state index in [1.165, 1.54) is 14.2 Å². The van der Waals surface area contributed by atoms with E-state index in [2.05, 4.69) is 32.1 Å². The number of benzene rings is 3. The molecule has 2 fully saturated rings. The number of nitrogens with zero attached hydrogens (tertiary/aromatic N) is 5. The van der Waals surface area contributed by atoms with Crippen molar-refractivity contribution in [2.24, 2.45) is 11.8 Å². The summed E-state index contributed by atoms with van der Waals surface area (Å²) in [6, 6.07) is 16.1.